The number of hydrogen-bond donors (Lipinski definition) is 2. The molecular weight excluding hydrogens is 198 g/mol. The molecule has 3 heteroatoms. The Morgan fingerprint density at radius 1 is 1.50 bits per heavy atom. The Hall–Kier alpha value is -0.830. The van der Waals surface area contributed by atoms with Crippen molar-refractivity contribution in [3.8, 4) is 0 Å². The Labute approximate surface area is 98.1 Å². The van der Waals surface area contributed by atoms with Gasteiger partial charge in [0.1, 0.15) is 5.82 Å². The average molecular weight is 221 g/mol. The summed E-state index contributed by atoms with van der Waals surface area (Å²) < 4.78 is 0. The number of nitrogens with zero attached hydrogens (tertiary/aromatic N) is 1. The number of imidazole rings is 1. The Bertz CT molecular complexity index is 316. The molecule has 1 heterocycles. The van der Waals surface area contributed by atoms with Crippen molar-refractivity contribution in [1.82, 2.24) is 15.3 Å². The number of nitrogens with one attached hydrogen (secondary N) is 2. The minimum atomic E-state index is 0.317. The highest BCUT2D eigenvalue weighted by molar-refractivity contribution is 4.97. The zero-order valence-electron chi connectivity index (χ0n) is 10.6. The van der Waals surface area contributed by atoms with E-state index in [2.05, 4.69) is 36.1 Å². The predicted molar refractivity (Wildman–Crippen MR) is 66.2 cm³/mol. The van der Waals surface area contributed by atoms with Gasteiger partial charge in [-0.05, 0) is 25.2 Å². The van der Waals surface area contributed by atoms with E-state index in [0.29, 0.717) is 17.5 Å². The quantitative estimate of drug-likeness (QED) is 0.823. The van der Waals surface area contributed by atoms with E-state index < -0.39 is 0 Å². The molecule has 2 atom stereocenters. The van der Waals surface area contributed by atoms with Crippen molar-refractivity contribution in [1.29, 1.82) is 0 Å². The zero-order valence-corrected chi connectivity index (χ0v) is 10.6. The fourth-order valence-corrected chi connectivity index (χ4v) is 2.70. The first-order chi connectivity index (χ1) is 7.59. The maximum Gasteiger partial charge on any atom is 0.122 e. The van der Waals surface area contributed by atoms with Crippen LogP contribution in [0.3, 0.4) is 0 Å². The van der Waals surface area contributed by atoms with Gasteiger partial charge in [0.25, 0.3) is 0 Å². The van der Waals surface area contributed by atoms with Crippen molar-refractivity contribution >= 4 is 0 Å². The van der Waals surface area contributed by atoms with Crippen molar-refractivity contribution in [3.63, 3.8) is 0 Å². The summed E-state index contributed by atoms with van der Waals surface area (Å²) in [4.78, 5) is 7.49. The zero-order chi connectivity index (χ0) is 11.6. The molecule has 0 aromatic carbocycles. The lowest BCUT2D eigenvalue weighted by Gasteiger charge is -2.40. The highest BCUT2D eigenvalue weighted by Crippen LogP contribution is 2.36. The maximum absolute atomic E-state index is 4.31. The smallest absolute Gasteiger partial charge is 0.122 e. The molecule has 2 unspecified atom stereocenters. The van der Waals surface area contributed by atoms with Gasteiger partial charge < -0.3 is 10.3 Å². The SMILES string of the molecule is CC(NC1CCCCC1(C)C)c1ncc[nH]1. The summed E-state index contributed by atoms with van der Waals surface area (Å²) in [5.41, 5.74) is 0.416. The fourth-order valence-electron chi connectivity index (χ4n) is 2.70. The van der Waals surface area contributed by atoms with E-state index in [0.717, 1.165) is 5.82 Å². The summed E-state index contributed by atoms with van der Waals surface area (Å²) in [6.07, 6.45) is 9.05. The van der Waals surface area contributed by atoms with E-state index >= 15 is 0 Å². The molecule has 16 heavy (non-hydrogen) atoms. The maximum atomic E-state index is 4.31. The standard InChI is InChI=1S/C13H23N3/c1-10(12-14-8-9-15-12)16-11-6-4-5-7-13(11,2)3/h8-11,16H,4-7H2,1-3H3,(H,14,15). The van der Waals surface area contributed by atoms with Gasteiger partial charge in [-0.3, -0.25) is 0 Å². The van der Waals surface area contributed by atoms with E-state index in [1.807, 2.05) is 12.4 Å². The molecule has 0 aliphatic heterocycles. The fraction of sp³-hybridized carbons (Fsp3) is 0.769. The summed E-state index contributed by atoms with van der Waals surface area (Å²) in [5.74, 6) is 1.04. The molecule has 1 aliphatic carbocycles. The molecule has 0 spiro atoms. The second-order valence-electron chi connectivity index (χ2n) is 5.65. The third kappa shape index (κ3) is 2.46. The topological polar surface area (TPSA) is 40.7 Å². The normalized spacial score (nSPS) is 26.6. The third-order valence-electron chi connectivity index (χ3n) is 3.89. The van der Waals surface area contributed by atoms with Gasteiger partial charge in [-0.2, -0.15) is 0 Å². The van der Waals surface area contributed by atoms with Crippen LogP contribution in [0.25, 0.3) is 0 Å². The van der Waals surface area contributed by atoms with Crippen LogP contribution >= 0.6 is 0 Å². The molecule has 90 valence electrons. The predicted octanol–water partition coefficient (Wildman–Crippen LogP) is 3.03. The van der Waals surface area contributed by atoms with Gasteiger partial charge in [0, 0.05) is 18.4 Å². The lowest BCUT2D eigenvalue weighted by Crippen LogP contribution is -2.45. The van der Waals surface area contributed by atoms with Crippen LogP contribution in [0.1, 0.15) is 58.3 Å². The van der Waals surface area contributed by atoms with Gasteiger partial charge in [-0.25, -0.2) is 4.98 Å². The van der Waals surface area contributed by atoms with Crippen LogP contribution in [0, 0.1) is 5.41 Å². The summed E-state index contributed by atoms with van der Waals surface area (Å²) in [7, 11) is 0. The Morgan fingerprint density at radius 2 is 2.31 bits per heavy atom. The van der Waals surface area contributed by atoms with E-state index in [9.17, 15) is 0 Å². The molecule has 1 saturated carbocycles. The van der Waals surface area contributed by atoms with Crippen LogP contribution in [0.2, 0.25) is 0 Å². The number of aromatic nitrogens is 2. The lowest BCUT2D eigenvalue weighted by molar-refractivity contribution is 0.156. The van der Waals surface area contributed by atoms with E-state index in [-0.39, 0.29) is 0 Å². The number of aromatic amines is 1. The van der Waals surface area contributed by atoms with Gasteiger partial charge >= 0.3 is 0 Å². The first-order valence-electron chi connectivity index (χ1n) is 6.35. The molecule has 0 radical (unpaired) electrons. The summed E-state index contributed by atoms with van der Waals surface area (Å²) in [6, 6.07) is 0.929. The van der Waals surface area contributed by atoms with Crippen molar-refractivity contribution in [2.75, 3.05) is 0 Å². The van der Waals surface area contributed by atoms with E-state index in [1.54, 1.807) is 0 Å². The van der Waals surface area contributed by atoms with Crippen LogP contribution in [0.15, 0.2) is 12.4 Å². The van der Waals surface area contributed by atoms with Crippen molar-refractivity contribution in [3.05, 3.63) is 18.2 Å². The molecule has 2 rings (SSSR count). The summed E-state index contributed by atoms with van der Waals surface area (Å²) in [6.45, 7) is 6.93. The van der Waals surface area contributed by atoms with Crippen molar-refractivity contribution in [2.24, 2.45) is 5.41 Å². The molecule has 1 aliphatic rings. The number of rotatable bonds is 3. The minimum Gasteiger partial charge on any atom is -0.347 e. The second-order valence-corrected chi connectivity index (χ2v) is 5.65. The van der Waals surface area contributed by atoms with Gasteiger partial charge in [-0.15, -0.1) is 0 Å². The van der Waals surface area contributed by atoms with E-state index in [1.165, 1.54) is 25.7 Å². The number of hydrogen-bond acceptors (Lipinski definition) is 2. The molecular formula is C13H23N3. The molecule has 1 aromatic rings. The first kappa shape index (κ1) is 11.6. The van der Waals surface area contributed by atoms with Crippen LogP contribution in [0.5, 0.6) is 0 Å². The van der Waals surface area contributed by atoms with Crippen LogP contribution in [0.4, 0.5) is 0 Å². The van der Waals surface area contributed by atoms with Gasteiger partial charge in [0.2, 0.25) is 0 Å². The second kappa shape index (κ2) is 4.58. The molecule has 1 aromatic heterocycles. The summed E-state index contributed by atoms with van der Waals surface area (Å²) >= 11 is 0. The number of H-pyrrole nitrogens is 1. The van der Waals surface area contributed by atoms with Gasteiger partial charge in [-0.1, -0.05) is 26.7 Å². The van der Waals surface area contributed by atoms with Crippen LogP contribution < -0.4 is 5.32 Å². The van der Waals surface area contributed by atoms with Crippen molar-refractivity contribution < 1.29 is 0 Å². The Balaban J connectivity index is 1.98. The molecule has 3 nitrogen and oxygen atoms in total. The van der Waals surface area contributed by atoms with Crippen LogP contribution in [-0.2, 0) is 0 Å². The minimum absolute atomic E-state index is 0.317. The lowest BCUT2D eigenvalue weighted by atomic mass is 9.73. The van der Waals surface area contributed by atoms with Crippen molar-refractivity contribution in [2.45, 2.75) is 58.5 Å². The molecule has 0 amide bonds. The Kier molecular flexibility index (Phi) is 3.33. The largest absolute Gasteiger partial charge is 0.347 e. The third-order valence-corrected chi connectivity index (χ3v) is 3.89. The van der Waals surface area contributed by atoms with Gasteiger partial charge in [0.05, 0.1) is 6.04 Å². The summed E-state index contributed by atoms with van der Waals surface area (Å²) in [5, 5.41) is 3.72. The molecule has 0 saturated heterocycles. The highest BCUT2D eigenvalue weighted by atomic mass is 15.0. The molecule has 2 N–H and O–H groups in total. The van der Waals surface area contributed by atoms with Crippen LogP contribution in [-0.4, -0.2) is 16.0 Å². The van der Waals surface area contributed by atoms with Gasteiger partial charge in [0.15, 0.2) is 0 Å². The average Bonchev–Trinajstić information content (AvgIpc) is 2.74. The molecule has 0 bridgehead atoms. The highest BCUT2D eigenvalue weighted by Gasteiger charge is 2.33. The Morgan fingerprint density at radius 3 is 2.94 bits per heavy atom. The van der Waals surface area contributed by atoms with E-state index in [4.69, 9.17) is 0 Å². The monoisotopic (exact) mass is 221 g/mol. The first-order valence-corrected chi connectivity index (χ1v) is 6.35. The molecule has 1 fully saturated rings.